The van der Waals surface area contributed by atoms with Gasteiger partial charge in [0, 0.05) is 5.92 Å². The number of benzene rings is 1. The number of nitrogens with zero attached hydrogens (tertiary/aromatic N) is 2. The molecule has 4 heteroatoms. The van der Waals surface area contributed by atoms with E-state index in [1.165, 1.54) is 24.3 Å². The minimum atomic E-state index is -1.29. The molecule has 1 aliphatic rings. The summed E-state index contributed by atoms with van der Waals surface area (Å²) in [6.45, 7) is 3.90. The molecule has 1 aromatic carbocycles. The zero-order chi connectivity index (χ0) is 13.2. The Labute approximate surface area is 105 Å². The Hall–Kier alpha value is -2.17. The molecule has 1 heterocycles. The van der Waals surface area contributed by atoms with Gasteiger partial charge in [0.1, 0.15) is 11.9 Å². The van der Waals surface area contributed by atoms with Crippen LogP contribution in [0.4, 0.5) is 4.39 Å². The van der Waals surface area contributed by atoms with Crippen LogP contribution in [0.15, 0.2) is 36.9 Å². The summed E-state index contributed by atoms with van der Waals surface area (Å²) in [5.74, 6) is -0.709. The third-order valence-electron chi connectivity index (χ3n) is 3.27. The number of nitriles is 2. The molecule has 0 saturated carbocycles. The number of halogens is 1. The standard InChI is InChI=1S/C14H11FN2O/c1-2-11-7-18-13(14(11,8-16)9-17)10-3-5-12(15)6-4-10/h2-6,11,13H,1,7H2/t11-,13-/m0/s1. The van der Waals surface area contributed by atoms with Gasteiger partial charge in [0.25, 0.3) is 0 Å². The molecule has 2 atom stereocenters. The number of ether oxygens (including phenoxy) is 1. The Kier molecular flexibility index (Phi) is 3.14. The van der Waals surface area contributed by atoms with Crippen molar-refractivity contribution < 1.29 is 9.13 Å². The predicted octanol–water partition coefficient (Wildman–Crippen LogP) is 2.73. The normalized spacial score (nSPS) is 25.1. The fourth-order valence-corrected chi connectivity index (χ4v) is 2.22. The summed E-state index contributed by atoms with van der Waals surface area (Å²) < 4.78 is 18.4. The molecule has 0 spiro atoms. The average Bonchev–Trinajstić information content (AvgIpc) is 2.78. The van der Waals surface area contributed by atoms with E-state index >= 15 is 0 Å². The maximum absolute atomic E-state index is 12.9. The predicted molar refractivity (Wildman–Crippen MR) is 62.4 cm³/mol. The molecule has 0 bridgehead atoms. The third-order valence-corrected chi connectivity index (χ3v) is 3.27. The minimum Gasteiger partial charge on any atom is -0.370 e. The summed E-state index contributed by atoms with van der Waals surface area (Å²) in [6, 6.07) is 9.74. The number of rotatable bonds is 2. The van der Waals surface area contributed by atoms with Crippen molar-refractivity contribution >= 4 is 0 Å². The van der Waals surface area contributed by atoms with Crippen LogP contribution < -0.4 is 0 Å². The van der Waals surface area contributed by atoms with Gasteiger partial charge in [0.05, 0.1) is 18.7 Å². The molecule has 3 nitrogen and oxygen atoms in total. The summed E-state index contributed by atoms with van der Waals surface area (Å²) in [7, 11) is 0. The molecule has 0 radical (unpaired) electrons. The van der Waals surface area contributed by atoms with Crippen molar-refractivity contribution in [2.24, 2.45) is 11.3 Å². The van der Waals surface area contributed by atoms with E-state index in [4.69, 9.17) is 4.74 Å². The number of hydrogen-bond acceptors (Lipinski definition) is 3. The molecule has 1 aromatic rings. The van der Waals surface area contributed by atoms with Crippen molar-refractivity contribution in [3.63, 3.8) is 0 Å². The fourth-order valence-electron chi connectivity index (χ4n) is 2.22. The smallest absolute Gasteiger partial charge is 0.182 e. The summed E-state index contributed by atoms with van der Waals surface area (Å²) in [5.41, 5.74) is -0.664. The highest BCUT2D eigenvalue weighted by atomic mass is 19.1. The van der Waals surface area contributed by atoms with Crippen LogP contribution >= 0.6 is 0 Å². The van der Waals surface area contributed by atoms with Crippen molar-refractivity contribution in [2.45, 2.75) is 6.10 Å². The highest BCUT2D eigenvalue weighted by Crippen LogP contribution is 2.48. The molecule has 2 rings (SSSR count). The first kappa shape index (κ1) is 12.3. The van der Waals surface area contributed by atoms with Crippen LogP contribution in [0.3, 0.4) is 0 Å². The second-order valence-corrected chi connectivity index (χ2v) is 4.20. The van der Waals surface area contributed by atoms with E-state index < -0.39 is 11.5 Å². The Morgan fingerprint density at radius 1 is 1.33 bits per heavy atom. The van der Waals surface area contributed by atoms with Crippen LogP contribution in [-0.4, -0.2) is 6.61 Å². The van der Waals surface area contributed by atoms with Crippen molar-refractivity contribution in [3.05, 3.63) is 48.3 Å². The second kappa shape index (κ2) is 4.60. The highest BCUT2D eigenvalue weighted by Gasteiger charge is 2.52. The van der Waals surface area contributed by atoms with Gasteiger partial charge in [-0.3, -0.25) is 0 Å². The number of hydrogen-bond donors (Lipinski definition) is 0. The van der Waals surface area contributed by atoms with E-state index in [9.17, 15) is 14.9 Å². The van der Waals surface area contributed by atoms with Gasteiger partial charge >= 0.3 is 0 Å². The molecule has 90 valence electrons. The molecular formula is C14H11FN2O. The Balaban J connectivity index is 2.46. The van der Waals surface area contributed by atoms with Crippen molar-refractivity contribution in [3.8, 4) is 12.1 Å². The zero-order valence-corrected chi connectivity index (χ0v) is 9.64. The van der Waals surface area contributed by atoms with Crippen molar-refractivity contribution in [1.29, 1.82) is 10.5 Å². The van der Waals surface area contributed by atoms with E-state index in [1.807, 2.05) is 12.1 Å². The first-order valence-corrected chi connectivity index (χ1v) is 5.50. The summed E-state index contributed by atoms with van der Waals surface area (Å²) >= 11 is 0. The van der Waals surface area contributed by atoms with Crippen LogP contribution in [0.5, 0.6) is 0 Å². The van der Waals surface area contributed by atoms with Gasteiger partial charge in [-0.15, -0.1) is 6.58 Å². The molecule has 1 fully saturated rings. The average molecular weight is 242 g/mol. The SMILES string of the molecule is C=C[C@H]1CO[C@@H](c2ccc(F)cc2)C1(C#N)C#N. The van der Waals surface area contributed by atoms with E-state index in [0.717, 1.165) is 0 Å². The third kappa shape index (κ3) is 1.68. The molecule has 18 heavy (non-hydrogen) atoms. The molecule has 0 aliphatic carbocycles. The van der Waals surface area contributed by atoms with E-state index in [1.54, 1.807) is 6.08 Å². The van der Waals surface area contributed by atoms with Gasteiger partial charge in [-0.25, -0.2) is 4.39 Å². The Bertz CT molecular complexity index is 524. The molecule has 1 saturated heterocycles. The van der Waals surface area contributed by atoms with Crippen LogP contribution in [0, 0.1) is 39.8 Å². The first-order chi connectivity index (χ1) is 8.67. The highest BCUT2D eigenvalue weighted by molar-refractivity contribution is 5.33. The second-order valence-electron chi connectivity index (χ2n) is 4.20. The Morgan fingerprint density at radius 3 is 2.44 bits per heavy atom. The van der Waals surface area contributed by atoms with E-state index in [-0.39, 0.29) is 18.3 Å². The largest absolute Gasteiger partial charge is 0.370 e. The minimum absolute atomic E-state index is 0.270. The van der Waals surface area contributed by atoms with Gasteiger partial charge in [-0.05, 0) is 17.7 Å². The van der Waals surface area contributed by atoms with Crippen LogP contribution in [0.25, 0.3) is 0 Å². The van der Waals surface area contributed by atoms with Gasteiger partial charge < -0.3 is 4.74 Å². The van der Waals surface area contributed by atoms with Crippen molar-refractivity contribution in [1.82, 2.24) is 0 Å². The van der Waals surface area contributed by atoms with Crippen molar-refractivity contribution in [2.75, 3.05) is 6.61 Å². The molecule has 0 unspecified atom stereocenters. The lowest BCUT2D eigenvalue weighted by Gasteiger charge is -2.23. The molecule has 1 aliphatic heterocycles. The van der Waals surface area contributed by atoms with Crippen LogP contribution in [0.1, 0.15) is 11.7 Å². The Morgan fingerprint density at radius 2 is 1.94 bits per heavy atom. The maximum Gasteiger partial charge on any atom is 0.182 e. The van der Waals surface area contributed by atoms with E-state index in [2.05, 4.69) is 6.58 Å². The quantitative estimate of drug-likeness (QED) is 0.749. The summed E-state index contributed by atoms with van der Waals surface area (Å²) in [5, 5.41) is 18.7. The van der Waals surface area contributed by atoms with E-state index in [0.29, 0.717) is 5.56 Å². The van der Waals surface area contributed by atoms with Crippen LogP contribution in [-0.2, 0) is 4.74 Å². The lowest BCUT2D eigenvalue weighted by molar-refractivity contribution is 0.0862. The topological polar surface area (TPSA) is 56.8 Å². The molecule has 0 amide bonds. The fraction of sp³-hybridized carbons (Fsp3) is 0.286. The lowest BCUT2D eigenvalue weighted by Crippen LogP contribution is -2.27. The zero-order valence-electron chi connectivity index (χ0n) is 9.64. The first-order valence-electron chi connectivity index (χ1n) is 5.50. The molecule has 0 N–H and O–H groups in total. The van der Waals surface area contributed by atoms with Crippen LogP contribution in [0.2, 0.25) is 0 Å². The summed E-state index contributed by atoms with van der Waals surface area (Å²) in [4.78, 5) is 0. The van der Waals surface area contributed by atoms with Gasteiger partial charge in [-0.2, -0.15) is 10.5 Å². The van der Waals surface area contributed by atoms with Gasteiger partial charge in [-0.1, -0.05) is 18.2 Å². The summed E-state index contributed by atoms with van der Waals surface area (Å²) in [6.07, 6.45) is 0.895. The maximum atomic E-state index is 12.9. The van der Waals surface area contributed by atoms with Gasteiger partial charge in [0.2, 0.25) is 0 Å². The lowest BCUT2D eigenvalue weighted by atomic mass is 9.74. The molecular weight excluding hydrogens is 231 g/mol. The monoisotopic (exact) mass is 242 g/mol. The van der Waals surface area contributed by atoms with Gasteiger partial charge in [0.15, 0.2) is 5.41 Å². The molecule has 0 aromatic heterocycles.